The van der Waals surface area contributed by atoms with Gasteiger partial charge in [-0.15, -0.1) is 0 Å². The lowest BCUT2D eigenvalue weighted by atomic mass is 9.89. The van der Waals surface area contributed by atoms with Crippen LogP contribution in [0.2, 0.25) is 0 Å². The van der Waals surface area contributed by atoms with Crippen molar-refractivity contribution in [2.24, 2.45) is 5.16 Å². The third kappa shape index (κ3) is 2.26. The van der Waals surface area contributed by atoms with E-state index in [9.17, 15) is 0 Å². The largest absolute Gasteiger partial charge is 0.411 e. The van der Waals surface area contributed by atoms with E-state index in [1.165, 1.54) is 36.8 Å². The Labute approximate surface area is 97.0 Å². The molecular weight excluding hydrogens is 198 g/mol. The Kier molecular flexibility index (Phi) is 3.60. The number of rotatable bonds is 3. The van der Waals surface area contributed by atoms with Gasteiger partial charge in [-0.05, 0) is 54.9 Å². The van der Waals surface area contributed by atoms with Gasteiger partial charge in [-0.2, -0.15) is 0 Å². The maximum atomic E-state index is 9.00. The lowest BCUT2D eigenvalue weighted by Gasteiger charge is -2.16. The van der Waals surface area contributed by atoms with Gasteiger partial charge in [0, 0.05) is 0 Å². The molecule has 1 aliphatic carbocycles. The summed E-state index contributed by atoms with van der Waals surface area (Å²) in [5.41, 5.74) is 4.82. The van der Waals surface area contributed by atoms with Gasteiger partial charge in [0.05, 0.1) is 5.71 Å². The first-order valence-electron chi connectivity index (χ1n) is 6.18. The summed E-state index contributed by atoms with van der Waals surface area (Å²) >= 11 is 0. The van der Waals surface area contributed by atoms with Crippen LogP contribution in [0.1, 0.15) is 49.3 Å². The minimum atomic E-state index is 0.816. The molecular formula is C14H19NO. The second-order valence-corrected chi connectivity index (χ2v) is 4.49. The Bertz CT molecular complexity index is 396. The van der Waals surface area contributed by atoms with Crippen LogP contribution in [0.5, 0.6) is 0 Å². The number of hydrogen-bond donors (Lipinski definition) is 1. The third-order valence-corrected chi connectivity index (χ3v) is 3.29. The van der Waals surface area contributed by atoms with Crippen molar-refractivity contribution in [2.75, 3.05) is 0 Å². The van der Waals surface area contributed by atoms with Gasteiger partial charge in [0.1, 0.15) is 0 Å². The van der Waals surface area contributed by atoms with Crippen LogP contribution < -0.4 is 0 Å². The number of benzene rings is 1. The number of oxime groups is 1. The van der Waals surface area contributed by atoms with Crippen LogP contribution in [0.4, 0.5) is 0 Å². The predicted molar refractivity (Wildman–Crippen MR) is 66.3 cm³/mol. The second kappa shape index (κ2) is 5.15. The topological polar surface area (TPSA) is 32.6 Å². The summed E-state index contributed by atoms with van der Waals surface area (Å²) in [6.07, 6.45) is 6.83. The molecule has 86 valence electrons. The first-order valence-corrected chi connectivity index (χ1v) is 6.18. The molecule has 2 rings (SSSR count). The standard InChI is InChI=1S/C14H19NO/c1-2-5-14(15-16)13-9-8-11-6-3-4-7-12(11)10-13/h8-10,16H,2-7H2,1H3/b15-14-. The lowest BCUT2D eigenvalue weighted by Crippen LogP contribution is -2.06. The molecule has 1 aliphatic rings. The number of aryl methyl sites for hydroxylation is 2. The fraction of sp³-hybridized carbons (Fsp3) is 0.500. The molecule has 0 unspecified atom stereocenters. The van der Waals surface area contributed by atoms with E-state index in [2.05, 4.69) is 30.3 Å². The van der Waals surface area contributed by atoms with Gasteiger partial charge < -0.3 is 5.21 Å². The normalized spacial score (nSPS) is 15.9. The van der Waals surface area contributed by atoms with E-state index >= 15 is 0 Å². The molecule has 0 fully saturated rings. The van der Waals surface area contributed by atoms with E-state index in [4.69, 9.17) is 5.21 Å². The molecule has 0 radical (unpaired) electrons. The smallest absolute Gasteiger partial charge is 0.0867 e. The van der Waals surface area contributed by atoms with Crippen LogP contribution in [0.3, 0.4) is 0 Å². The van der Waals surface area contributed by atoms with Crippen molar-refractivity contribution in [3.05, 3.63) is 34.9 Å². The second-order valence-electron chi connectivity index (χ2n) is 4.49. The van der Waals surface area contributed by atoms with Gasteiger partial charge in [0.25, 0.3) is 0 Å². The van der Waals surface area contributed by atoms with Gasteiger partial charge in [0.15, 0.2) is 0 Å². The average Bonchev–Trinajstić information content (AvgIpc) is 2.35. The van der Waals surface area contributed by atoms with E-state index in [1.54, 1.807) is 0 Å². The quantitative estimate of drug-likeness (QED) is 0.469. The number of fused-ring (bicyclic) bond motifs is 1. The highest BCUT2D eigenvalue weighted by Crippen LogP contribution is 2.23. The van der Waals surface area contributed by atoms with Crippen LogP contribution in [0.25, 0.3) is 0 Å². The van der Waals surface area contributed by atoms with E-state index in [-0.39, 0.29) is 0 Å². The Morgan fingerprint density at radius 3 is 2.69 bits per heavy atom. The van der Waals surface area contributed by atoms with E-state index in [1.807, 2.05) is 0 Å². The molecule has 0 aromatic heterocycles. The number of nitrogens with zero attached hydrogens (tertiary/aromatic N) is 1. The van der Waals surface area contributed by atoms with Gasteiger partial charge in [-0.25, -0.2) is 0 Å². The molecule has 2 heteroatoms. The molecule has 2 nitrogen and oxygen atoms in total. The molecule has 0 saturated carbocycles. The van der Waals surface area contributed by atoms with Crippen LogP contribution in [-0.4, -0.2) is 10.9 Å². The van der Waals surface area contributed by atoms with Crippen LogP contribution in [-0.2, 0) is 12.8 Å². The fourth-order valence-corrected chi connectivity index (χ4v) is 2.40. The summed E-state index contributed by atoms with van der Waals surface area (Å²) in [5.74, 6) is 0. The fourth-order valence-electron chi connectivity index (χ4n) is 2.40. The molecule has 0 heterocycles. The van der Waals surface area contributed by atoms with Crippen LogP contribution in [0.15, 0.2) is 23.4 Å². The maximum absolute atomic E-state index is 9.00. The van der Waals surface area contributed by atoms with Gasteiger partial charge in [0.2, 0.25) is 0 Å². The Hall–Kier alpha value is -1.31. The number of hydrogen-bond acceptors (Lipinski definition) is 2. The molecule has 1 aromatic rings. The summed E-state index contributed by atoms with van der Waals surface area (Å²) < 4.78 is 0. The minimum Gasteiger partial charge on any atom is -0.411 e. The van der Waals surface area contributed by atoms with Gasteiger partial charge >= 0.3 is 0 Å². The molecule has 16 heavy (non-hydrogen) atoms. The maximum Gasteiger partial charge on any atom is 0.0867 e. The first-order chi connectivity index (χ1) is 7.85. The first kappa shape index (κ1) is 11.2. The van der Waals surface area contributed by atoms with E-state index < -0.39 is 0 Å². The third-order valence-electron chi connectivity index (χ3n) is 3.29. The zero-order valence-corrected chi connectivity index (χ0v) is 9.87. The molecule has 0 spiro atoms. The molecule has 0 saturated heterocycles. The average molecular weight is 217 g/mol. The molecule has 0 aliphatic heterocycles. The molecule has 1 aromatic carbocycles. The Balaban J connectivity index is 2.28. The van der Waals surface area contributed by atoms with Crippen molar-refractivity contribution in [3.63, 3.8) is 0 Å². The minimum absolute atomic E-state index is 0.816. The summed E-state index contributed by atoms with van der Waals surface area (Å²) in [6.45, 7) is 2.10. The predicted octanol–water partition coefficient (Wildman–Crippen LogP) is 3.54. The summed E-state index contributed by atoms with van der Waals surface area (Å²) in [6, 6.07) is 6.50. The summed E-state index contributed by atoms with van der Waals surface area (Å²) in [4.78, 5) is 0. The Morgan fingerprint density at radius 1 is 1.25 bits per heavy atom. The highest BCUT2D eigenvalue weighted by atomic mass is 16.4. The molecule has 0 atom stereocenters. The Morgan fingerprint density at radius 2 is 2.00 bits per heavy atom. The summed E-state index contributed by atoms with van der Waals surface area (Å²) in [7, 11) is 0. The highest BCUT2D eigenvalue weighted by Gasteiger charge is 2.11. The highest BCUT2D eigenvalue weighted by molar-refractivity contribution is 6.00. The van der Waals surface area contributed by atoms with Gasteiger partial charge in [-0.3, -0.25) is 0 Å². The van der Waals surface area contributed by atoms with Crippen molar-refractivity contribution in [3.8, 4) is 0 Å². The van der Waals surface area contributed by atoms with E-state index in [0.717, 1.165) is 24.1 Å². The van der Waals surface area contributed by atoms with Crippen LogP contribution in [0, 0.1) is 0 Å². The van der Waals surface area contributed by atoms with Crippen LogP contribution >= 0.6 is 0 Å². The van der Waals surface area contributed by atoms with Crippen molar-refractivity contribution < 1.29 is 5.21 Å². The van der Waals surface area contributed by atoms with Gasteiger partial charge in [-0.1, -0.05) is 30.6 Å². The summed E-state index contributed by atoms with van der Waals surface area (Å²) in [5, 5.41) is 12.4. The lowest BCUT2D eigenvalue weighted by molar-refractivity contribution is 0.318. The van der Waals surface area contributed by atoms with Crippen molar-refractivity contribution >= 4 is 5.71 Å². The zero-order valence-electron chi connectivity index (χ0n) is 9.87. The van der Waals surface area contributed by atoms with Crippen molar-refractivity contribution in [2.45, 2.75) is 45.4 Å². The van der Waals surface area contributed by atoms with E-state index in [0.29, 0.717) is 0 Å². The molecule has 0 bridgehead atoms. The SMILES string of the molecule is CCC/C(=N/O)c1ccc2c(c1)CCCC2. The van der Waals surface area contributed by atoms with Crippen molar-refractivity contribution in [1.29, 1.82) is 0 Å². The van der Waals surface area contributed by atoms with Crippen molar-refractivity contribution in [1.82, 2.24) is 0 Å². The molecule has 0 amide bonds. The molecule has 1 N–H and O–H groups in total. The monoisotopic (exact) mass is 217 g/mol. The zero-order chi connectivity index (χ0) is 11.4.